The van der Waals surface area contributed by atoms with Gasteiger partial charge in [0.2, 0.25) is 0 Å². The van der Waals surface area contributed by atoms with Crippen molar-refractivity contribution >= 4 is 23.1 Å². The van der Waals surface area contributed by atoms with Crippen molar-refractivity contribution in [3.8, 4) is 0 Å². The summed E-state index contributed by atoms with van der Waals surface area (Å²) >= 11 is 4.00. The van der Waals surface area contributed by atoms with Crippen LogP contribution in [-0.4, -0.2) is 23.6 Å². The second-order valence-corrected chi connectivity index (χ2v) is 6.87. The van der Waals surface area contributed by atoms with Gasteiger partial charge in [-0.05, 0) is 60.4 Å². The molecule has 2 rings (SSSR count). The normalized spacial score (nSPS) is 22.5. The van der Waals surface area contributed by atoms with Gasteiger partial charge in [-0.1, -0.05) is 13.3 Å². The topological polar surface area (TPSA) is 12.0 Å². The van der Waals surface area contributed by atoms with Gasteiger partial charge in [-0.25, -0.2) is 0 Å². The molecule has 2 heterocycles. The average molecular weight is 269 g/mol. The average Bonchev–Trinajstić information content (AvgIpc) is 2.88. The van der Waals surface area contributed by atoms with E-state index in [1.165, 1.54) is 43.4 Å². The molecule has 0 saturated carbocycles. The molecular weight excluding hydrogens is 246 g/mol. The van der Waals surface area contributed by atoms with Gasteiger partial charge < -0.3 is 5.32 Å². The van der Waals surface area contributed by atoms with E-state index in [0.717, 1.165) is 11.8 Å². The maximum atomic E-state index is 3.70. The summed E-state index contributed by atoms with van der Waals surface area (Å²) in [4.78, 5) is 0. The zero-order valence-corrected chi connectivity index (χ0v) is 12.3. The largest absolute Gasteiger partial charge is 0.313 e. The number of thioether (sulfide) groups is 1. The van der Waals surface area contributed by atoms with Gasteiger partial charge in [-0.3, -0.25) is 0 Å². The molecule has 0 radical (unpaired) electrons. The molecule has 0 spiro atoms. The summed E-state index contributed by atoms with van der Waals surface area (Å²) < 4.78 is 0. The van der Waals surface area contributed by atoms with Crippen molar-refractivity contribution in [3.05, 3.63) is 22.4 Å². The minimum atomic E-state index is 0.713. The number of hydrogen-bond acceptors (Lipinski definition) is 3. The summed E-state index contributed by atoms with van der Waals surface area (Å²) in [6.45, 7) is 3.33. The Morgan fingerprint density at radius 3 is 3.06 bits per heavy atom. The molecule has 0 aliphatic carbocycles. The van der Waals surface area contributed by atoms with Crippen molar-refractivity contribution in [2.45, 2.75) is 50.3 Å². The van der Waals surface area contributed by atoms with Crippen LogP contribution in [0.2, 0.25) is 0 Å². The third-order valence-corrected chi connectivity index (χ3v) is 5.70. The lowest BCUT2D eigenvalue weighted by Gasteiger charge is -2.30. The van der Waals surface area contributed by atoms with Crippen molar-refractivity contribution in [1.82, 2.24) is 5.32 Å². The standard InChI is InChI=1S/C14H23NS2/c1-2-15-13(14-5-3-4-9-17-14)7-6-12-8-10-16-11-12/h8,10-11,13-15H,2-7,9H2,1H3. The van der Waals surface area contributed by atoms with E-state index >= 15 is 0 Å². The Labute approximate surface area is 113 Å². The highest BCUT2D eigenvalue weighted by Gasteiger charge is 2.23. The van der Waals surface area contributed by atoms with Crippen LogP contribution in [-0.2, 0) is 6.42 Å². The summed E-state index contributed by atoms with van der Waals surface area (Å²) in [5, 5.41) is 9.02. The second kappa shape index (κ2) is 7.45. The number of nitrogens with one attached hydrogen (secondary N) is 1. The molecule has 1 aromatic heterocycles. The summed E-state index contributed by atoms with van der Waals surface area (Å²) in [5.41, 5.74) is 1.51. The molecule has 1 N–H and O–H groups in total. The molecule has 2 atom stereocenters. The number of hydrogen-bond donors (Lipinski definition) is 1. The van der Waals surface area contributed by atoms with E-state index in [4.69, 9.17) is 0 Å². The second-order valence-electron chi connectivity index (χ2n) is 4.74. The third kappa shape index (κ3) is 4.31. The van der Waals surface area contributed by atoms with Crippen LogP contribution in [0.25, 0.3) is 0 Å². The molecule has 0 amide bonds. The van der Waals surface area contributed by atoms with Gasteiger partial charge >= 0.3 is 0 Å². The van der Waals surface area contributed by atoms with E-state index in [1.807, 2.05) is 11.3 Å². The van der Waals surface area contributed by atoms with Crippen molar-refractivity contribution < 1.29 is 0 Å². The Hall–Kier alpha value is 0.01000. The van der Waals surface area contributed by atoms with Crippen LogP contribution in [0.5, 0.6) is 0 Å². The Balaban J connectivity index is 1.82. The Morgan fingerprint density at radius 2 is 2.41 bits per heavy atom. The van der Waals surface area contributed by atoms with E-state index in [-0.39, 0.29) is 0 Å². The zero-order chi connectivity index (χ0) is 11.9. The number of aryl methyl sites for hydroxylation is 1. The highest BCUT2D eigenvalue weighted by Crippen LogP contribution is 2.29. The van der Waals surface area contributed by atoms with Crippen LogP contribution >= 0.6 is 23.1 Å². The summed E-state index contributed by atoms with van der Waals surface area (Å²) in [6, 6.07) is 2.98. The van der Waals surface area contributed by atoms with Crippen molar-refractivity contribution in [1.29, 1.82) is 0 Å². The maximum absolute atomic E-state index is 3.70. The first-order chi connectivity index (χ1) is 8.40. The van der Waals surface area contributed by atoms with Crippen LogP contribution in [0.3, 0.4) is 0 Å². The molecular formula is C14H23NS2. The minimum Gasteiger partial charge on any atom is -0.313 e. The minimum absolute atomic E-state index is 0.713. The van der Waals surface area contributed by atoms with Gasteiger partial charge in [0.15, 0.2) is 0 Å². The molecule has 17 heavy (non-hydrogen) atoms. The van der Waals surface area contributed by atoms with E-state index < -0.39 is 0 Å². The van der Waals surface area contributed by atoms with Crippen LogP contribution in [0.15, 0.2) is 16.8 Å². The third-order valence-electron chi connectivity index (χ3n) is 3.45. The predicted molar refractivity (Wildman–Crippen MR) is 80.2 cm³/mol. The van der Waals surface area contributed by atoms with Crippen LogP contribution in [0.1, 0.15) is 38.2 Å². The van der Waals surface area contributed by atoms with E-state index in [9.17, 15) is 0 Å². The van der Waals surface area contributed by atoms with Gasteiger partial charge in [0.25, 0.3) is 0 Å². The van der Waals surface area contributed by atoms with E-state index in [2.05, 4.69) is 40.8 Å². The van der Waals surface area contributed by atoms with Gasteiger partial charge in [0, 0.05) is 11.3 Å². The fourth-order valence-electron chi connectivity index (χ4n) is 2.52. The predicted octanol–water partition coefficient (Wildman–Crippen LogP) is 3.94. The molecule has 1 aromatic rings. The number of thiophene rings is 1. The monoisotopic (exact) mass is 269 g/mol. The first kappa shape index (κ1) is 13.4. The lowest BCUT2D eigenvalue weighted by molar-refractivity contribution is 0.449. The molecule has 96 valence electrons. The van der Waals surface area contributed by atoms with Gasteiger partial charge in [-0.2, -0.15) is 23.1 Å². The van der Waals surface area contributed by atoms with Gasteiger partial charge in [-0.15, -0.1) is 0 Å². The summed E-state index contributed by atoms with van der Waals surface area (Å²) in [7, 11) is 0. The lowest BCUT2D eigenvalue weighted by Crippen LogP contribution is -2.39. The molecule has 1 nitrogen and oxygen atoms in total. The molecule has 1 fully saturated rings. The van der Waals surface area contributed by atoms with Crippen LogP contribution in [0, 0.1) is 0 Å². The Kier molecular flexibility index (Phi) is 5.89. The van der Waals surface area contributed by atoms with Crippen molar-refractivity contribution in [2.24, 2.45) is 0 Å². The highest BCUT2D eigenvalue weighted by molar-refractivity contribution is 8.00. The van der Waals surface area contributed by atoms with Gasteiger partial charge in [0.1, 0.15) is 0 Å². The number of rotatable bonds is 6. The smallest absolute Gasteiger partial charge is 0.0201 e. The molecule has 2 unspecified atom stereocenters. The van der Waals surface area contributed by atoms with Crippen LogP contribution < -0.4 is 5.32 Å². The van der Waals surface area contributed by atoms with Crippen molar-refractivity contribution in [3.63, 3.8) is 0 Å². The molecule has 3 heteroatoms. The summed E-state index contributed by atoms with van der Waals surface area (Å²) in [5.74, 6) is 1.37. The zero-order valence-electron chi connectivity index (χ0n) is 10.7. The molecule has 1 saturated heterocycles. The SMILES string of the molecule is CCNC(CCc1ccsc1)C1CCCCS1. The first-order valence-corrected chi connectivity index (χ1v) is 8.75. The maximum Gasteiger partial charge on any atom is 0.0201 e. The lowest BCUT2D eigenvalue weighted by atomic mass is 10.0. The fourth-order valence-corrected chi connectivity index (χ4v) is 4.70. The first-order valence-electron chi connectivity index (χ1n) is 6.76. The van der Waals surface area contributed by atoms with Gasteiger partial charge in [0.05, 0.1) is 0 Å². The molecule has 0 aromatic carbocycles. The highest BCUT2D eigenvalue weighted by atomic mass is 32.2. The molecule has 0 bridgehead atoms. The Morgan fingerprint density at radius 1 is 1.47 bits per heavy atom. The fraction of sp³-hybridized carbons (Fsp3) is 0.714. The quantitative estimate of drug-likeness (QED) is 0.839. The van der Waals surface area contributed by atoms with Crippen molar-refractivity contribution in [2.75, 3.05) is 12.3 Å². The van der Waals surface area contributed by atoms with Crippen LogP contribution in [0.4, 0.5) is 0 Å². The molecule has 1 aliphatic rings. The molecule has 1 aliphatic heterocycles. The Bertz CT molecular complexity index is 291. The summed E-state index contributed by atoms with van der Waals surface area (Å²) in [6.07, 6.45) is 6.79. The van der Waals surface area contributed by atoms with E-state index in [1.54, 1.807) is 0 Å². The van der Waals surface area contributed by atoms with E-state index in [0.29, 0.717) is 6.04 Å².